The molecule has 0 atom stereocenters. The summed E-state index contributed by atoms with van der Waals surface area (Å²) in [5.41, 5.74) is 2.72. The average Bonchev–Trinajstić information content (AvgIpc) is 2.87. The molecule has 0 aliphatic carbocycles. The van der Waals surface area contributed by atoms with E-state index in [1.807, 2.05) is 59.5 Å². The number of carbonyl (C=O) groups excluding carboxylic acids is 1. The minimum Gasteiger partial charge on any atom is -0.493 e. The second-order valence-corrected chi connectivity index (χ2v) is 9.17. The molecule has 3 aromatic rings. The molecule has 1 aliphatic heterocycles. The van der Waals surface area contributed by atoms with Crippen LogP contribution in [0.15, 0.2) is 66.7 Å². The summed E-state index contributed by atoms with van der Waals surface area (Å²) in [6.45, 7) is 2.56. The normalized spacial score (nSPS) is 14.1. The molecule has 5 nitrogen and oxygen atoms in total. The quantitative estimate of drug-likeness (QED) is 0.415. The van der Waals surface area contributed by atoms with E-state index in [0.29, 0.717) is 34.2 Å². The van der Waals surface area contributed by atoms with Crippen LogP contribution < -0.4 is 14.8 Å². The largest absolute Gasteiger partial charge is 0.493 e. The summed E-state index contributed by atoms with van der Waals surface area (Å²) in [6, 6.07) is 21.1. The highest BCUT2D eigenvalue weighted by Crippen LogP contribution is 2.30. The number of nitrogens with one attached hydrogen (secondary N) is 1. The lowest BCUT2D eigenvalue weighted by atomic mass is 10.0. The molecule has 0 radical (unpaired) electrons. The molecule has 0 aromatic heterocycles. The summed E-state index contributed by atoms with van der Waals surface area (Å²) < 4.78 is 11.5. The SMILES string of the molecule is COc1cc(CNC2CCN(C(=O)c3ccccc3)CC2)ccc1OCc1ccc(Cl)cc1Cl. The van der Waals surface area contributed by atoms with Crippen molar-refractivity contribution < 1.29 is 14.3 Å². The summed E-state index contributed by atoms with van der Waals surface area (Å²) >= 11 is 12.2. The van der Waals surface area contributed by atoms with Crippen molar-refractivity contribution in [2.45, 2.75) is 32.0 Å². The molecule has 0 saturated carbocycles. The van der Waals surface area contributed by atoms with Gasteiger partial charge in [-0.1, -0.05) is 53.5 Å². The Morgan fingerprint density at radius 3 is 2.47 bits per heavy atom. The van der Waals surface area contributed by atoms with Crippen molar-refractivity contribution in [3.8, 4) is 11.5 Å². The number of methoxy groups -OCH3 is 1. The van der Waals surface area contributed by atoms with Crippen LogP contribution in [0.4, 0.5) is 0 Å². The molecule has 0 spiro atoms. The van der Waals surface area contributed by atoms with Crippen LogP contribution in [0.25, 0.3) is 0 Å². The van der Waals surface area contributed by atoms with Crippen molar-refractivity contribution in [3.63, 3.8) is 0 Å². The van der Waals surface area contributed by atoms with Crippen LogP contribution in [0.1, 0.15) is 34.3 Å². The fourth-order valence-corrected chi connectivity index (χ4v) is 4.51. The molecular formula is C27H28Cl2N2O3. The van der Waals surface area contributed by atoms with E-state index in [1.165, 1.54) is 0 Å². The van der Waals surface area contributed by atoms with E-state index in [-0.39, 0.29) is 5.91 Å². The zero-order valence-electron chi connectivity index (χ0n) is 19.1. The van der Waals surface area contributed by atoms with E-state index < -0.39 is 0 Å². The Bertz CT molecular complexity index is 1120. The number of rotatable bonds is 8. The number of likely N-dealkylation sites (tertiary alicyclic amines) is 1. The fraction of sp³-hybridized carbons (Fsp3) is 0.296. The number of hydrogen-bond acceptors (Lipinski definition) is 4. The minimum atomic E-state index is 0.110. The van der Waals surface area contributed by atoms with Crippen molar-refractivity contribution in [2.75, 3.05) is 20.2 Å². The first-order chi connectivity index (χ1) is 16.5. The topological polar surface area (TPSA) is 50.8 Å². The molecule has 34 heavy (non-hydrogen) atoms. The summed E-state index contributed by atoms with van der Waals surface area (Å²) in [4.78, 5) is 14.6. The van der Waals surface area contributed by atoms with Gasteiger partial charge in [0.2, 0.25) is 0 Å². The van der Waals surface area contributed by atoms with E-state index in [9.17, 15) is 4.79 Å². The van der Waals surface area contributed by atoms with E-state index in [4.69, 9.17) is 32.7 Å². The molecule has 4 rings (SSSR count). The lowest BCUT2D eigenvalue weighted by Gasteiger charge is -2.32. The maximum Gasteiger partial charge on any atom is 0.253 e. The first-order valence-corrected chi connectivity index (χ1v) is 12.1. The third-order valence-electron chi connectivity index (χ3n) is 6.02. The number of piperidine rings is 1. The van der Waals surface area contributed by atoms with Crippen LogP contribution in [0.2, 0.25) is 10.0 Å². The third kappa shape index (κ3) is 6.23. The highest BCUT2D eigenvalue weighted by molar-refractivity contribution is 6.35. The van der Waals surface area contributed by atoms with Gasteiger partial charge in [-0.25, -0.2) is 0 Å². The van der Waals surface area contributed by atoms with Crippen molar-refractivity contribution in [1.29, 1.82) is 0 Å². The standard InChI is InChI=1S/C27H28Cl2N2O3/c1-33-26-15-19(7-10-25(26)34-18-21-8-9-22(28)16-24(21)29)17-30-23-11-13-31(14-12-23)27(32)20-5-3-2-4-6-20/h2-10,15-16,23,30H,11-14,17-18H2,1H3. The van der Waals surface area contributed by atoms with E-state index >= 15 is 0 Å². The average molecular weight is 499 g/mol. The van der Waals surface area contributed by atoms with Crippen molar-refractivity contribution in [1.82, 2.24) is 10.2 Å². The molecular weight excluding hydrogens is 471 g/mol. The summed E-state index contributed by atoms with van der Waals surface area (Å²) in [7, 11) is 1.63. The third-order valence-corrected chi connectivity index (χ3v) is 6.61. The summed E-state index contributed by atoms with van der Waals surface area (Å²) in [6.07, 6.45) is 1.86. The molecule has 0 bridgehead atoms. The predicted molar refractivity (Wildman–Crippen MR) is 136 cm³/mol. The van der Waals surface area contributed by atoms with Crippen LogP contribution in [-0.4, -0.2) is 37.0 Å². The monoisotopic (exact) mass is 498 g/mol. The molecule has 178 valence electrons. The van der Waals surface area contributed by atoms with Gasteiger partial charge in [0.1, 0.15) is 6.61 Å². The molecule has 1 amide bonds. The van der Waals surface area contributed by atoms with Gasteiger partial charge in [-0.15, -0.1) is 0 Å². The Hall–Kier alpha value is -2.73. The van der Waals surface area contributed by atoms with Gasteiger partial charge in [-0.05, 0) is 54.8 Å². The lowest BCUT2D eigenvalue weighted by Crippen LogP contribution is -2.44. The smallest absolute Gasteiger partial charge is 0.253 e. The van der Waals surface area contributed by atoms with Gasteiger partial charge in [0.05, 0.1) is 7.11 Å². The molecule has 1 saturated heterocycles. The Labute approximate surface area is 210 Å². The highest BCUT2D eigenvalue weighted by atomic mass is 35.5. The molecule has 1 heterocycles. The summed E-state index contributed by atoms with van der Waals surface area (Å²) in [5, 5.41) is 4.78. The minimum absolute atomic E-state index is 0.110. The molecule has 1 aliphatic rings. The molecule has 7 heteroatoms. The zero-order chi connectivity index (χ0) is 23.9. The van der Waals surface area contributed by atoms with Gasteiger partial charge in [0, 0.05) is 46.8 Å². The van der Waals surface area contributed by atoms with Crippen LogP contribution in [0.3, 0.4) is 0 Å². The van der Waals surface area contributed by atoms with Crippen LogP contribution in [-0.2, 0) is 13.2 Å². The van der Waals surface area contributed by atoms with Gasteiger partial charge in [0.15, 0.2) is 11.5 Å². The number of carbonyl (C=O) groups is 1. The molecule has 1 fully saturated rings. The number of amides is 1. The predicted octanol–water partition coefficient (Wildman–Crippen LogP) is 5.98. The van der Waals surface area contributed by atoms with E-state index in [1.54, 1.807) is 19.2 Å². The van der Waals surface area contributed by atoms with Crippen molar-refractivity contribution >= 4 is 29.1 Å². The first-order valence-electron chi connectivity index (χ1n) is 11.3. The maximum atomic E-state index is 12.6. The Morgan fingerprint density at radius 1 is 1.00 bits per heavy atom. The highest BCUT2D eigenvalue weighted by Gasteiger charge is 2.23. The number of benzene rings is 3. The number of ether oxygens (including phenoxy) is 2. The number of nitrogens with zero attached hydrogens (tertiary/aromatic N) is 1. The van der Waals surface area contributed by atoms with Crippen molar-refractivity contribution in [2.24, 2.45) is 0 Å². The lowest BCUT2D eigenvalue weighted by molar-refractivity contribution is 0.0704. The molecule has 1 N–H and O–H groups in total. The number of halogens is 2. The Kier molecular flexibility index (Phi) is 8.33. The van der Waals surface area contributed by atoms with Crippen LogP contribution in [0, 0.1) is 0 Å². The van der Waals surface area contributed by atoms with Gasteiger partial charge < -0.3 is 19.7 Å². The van der Waals surface area contributed by atoms with Gasteiger partial charge in [-0.3, -0.25) is 4.79 Å². The summed E-state index contributed by atoms with van der Waals surface area (Å²) in [5.74, 6) is 1.44. The zero-order valence-corrected chi connectivity index (χ0v) is 20.6. The second kappa shape index (κ2) is 11.6. The van der Waals surface area contributed by atoms with Gasteiger partial charge in [-0.2, -0.15) is 0 Å². The molecule has 3 aromatic carbocycles. The number of hydrogen-bond donors (Lipinski definition) is 1. The second-order valence-electron chi connectivity index (χ2n) is 8.32. The van der Waals surface area contributed by atoms with Crippen molar-refractivity contribution in [3.05, 3.63) is 93.5 Å². The Morgan fingerprint density at radius 2 is 1.76 bits per heavy atom. The van der Waals surface area contributed by atoms with E-state index in [2.05, 4.69) is 5.32 Å². The maximum absolute atomic E-state index is 12.6. The Balaban J connectivity index is 1.28. The van der Waals surface area contributed by atoms with Gasteiger partial charge >= 0.3 is 0 Å². The van der Waals surface area contributed by atoms with E-state index in [0.717, 1.165) is 49.2 Å². The van der Waals surface area contributed by atoms with Crippen LogP contribution >= 0.6 is 23.2 Å². The van der Waals surface area contributed by atoms with Crippen LogP contribution in [0.5, 0.6) is 11.5 Å². The fourth-order valence-electron chi connectivity index (χ4n) is 4.05. The molecule has 0 unspecified atom stereocenters. The first kappa shape index (κ1) is 24.4. The van der Waals surface area contributed by atoms with Gasteiger partial charge in [0.25, 0.3) is 5.91 Å².